The van der Waals surface area contributed by atoms with Crippen LogP contribution < -0.4 is 0 Å². The second-order valence-electron chi connectivity index (χ2n) is 9.03. The van der Waals surface area contributed by atoms with Gasteiger partial charge in [-0.25, -0.2) is 0 Å². The number of allylic oxidation sites excluding steroid dienone is 1. The van der Waals surface area contributed by atoms with E-state index < -0.39 is 0 Å². The molecular formula is C24H33Cl. The molecule has 6 unspecified atom stereocenters. The predicted octanol–water partition coefficient (Wildman–Crippen LogP) is 7.63. The standard InChI is InChI=1S/C24H33Cl/c1-2-3-4-17-5-13-23-20(15-17)6-7-21-16-19(10-14-24(21)23)18-8-11-22(25)12-9-18/h2,8-9,11-12,17,19-21,23-24H,1,3-7,10,13-16H2. The first-order chi connectivity index (χ1) is 12.2. The van der Waals surface area contributed by atoms with Crippen LogP contribution in [0.5, 0.6) is 0 Å². The van der Waals surface area contributed by atoms with E-state index in [0.29, 0.717) is 0 Å². The van der Waals surface area contributed by atoms with E-state index in [9.17, 15) is 0 Å². The lowest BCUT2D eigenvalue weighted by Gasteiger charge is -2.51. The Bertz CT molecular complexity index is 574. The average Bonchev–Trinajstić information content (AvgIpc) is 2.66. The fourth-order valence-electron chi connectivity index (χ4n) is 6.54. The molecule has 3 aliphatic rings. The Morgan fingerprint density at radius 2 is 1.56 bits per heavy atom. The maximum atomic E-state index is 6.08. The summed E-state index contributed by atoms with van der Waals surface area (Å²) >= 11 is 6.08. The Hall–Kier alpha value is -0.750. The molecule has 3 aliphatic carbocycles. The molecule has 0 saturated heterocycles. The average molecular weight is 357 g/mol. The topological polar surface area (TPSA) is 0 Å². The van der Waals surface area contributed by atoms with Crippen molar-refractivity contribution in [1.82, 2.24) is 0 Å². The van der Waals surface area contributed by atoms with Crippen molar-refractivity contribution < 1.29 is 0 Å². The Labute approximate surface area is 159 Å². The molecule has 0 aliphatic heterocycles. The molecule has 3 saturated carbocycles. The highest BCUT2D eigenvalue weighted by Crippen LogP contribution is 2.55. The third-order valence-corrected chi connectivity index (χ3v) is 8.02. The van der Waals surface area contributed by atoms with Crippen molar-refractivity contribution in [3.05, 3.63) is 47.5 Å². The lowest BCUT2D eigenvalue weighted by atomic mass is 9.55. The molecule has 3 fully saturated rings. The van der Waals surface area contributed by atoms with Gasteiger partial charge in [0.15, 0.2) is 0 Å². The van der Waals surface area contributed by atoms with Crippen molar-refractivity contribution >= 4 is 11.6 Å². The van der Waals surface area contributed by atoms with Crippen molar-refractivity contribution in [2.45, 2.75) is 70.1 Å². The molecule has 0 amide bonds. The molecule has 1 aromatic rings. The molecule has 136 valence electrons. The SMILES string of the molecule is C=CCCC1CCC2C(CCC3CC(c4ccc(Cl)cc4)CCC32)C1. The van der Waals surface area contributed by atoms with Crippen LogP contribution in [0.3, 0.4) is 0 Å². The zero-order valence-electron chi connectivity index (χ0n) is 15.5. The molecule has 1 aromatic carbocycles. The molecule has 0 nitrogen and oxygen atoms in total. The van der Waals surface area contributed by atoms with E-state index in [1.807, 2.05) is 0 Å². The number of halogens is 1. The van der Waals surface area contributed by atoms with Crippen LogP contribution in [0, 0.1) is 29.6 Å². The van der Waals surface area contributed by atoms with Crippen LogP contribution in [0.25, 0.3) is 0 Å². The van der Waals surface area contributed by atoms with Crippen molar-refractivity contribution in [2.24, 2.45) is 29.6 Å². The first-order valence-corrected chi connectivity index (χ1v) is 11.0. The maximum absolute atomic E-state index is 6.08. The monoisotopic (exact) mass is 356 g/mol. The van der Waals surface area contributed by atoms with Crippen molar-refractivity contribution in [1.29, 1.82) is 0 Å². The van der Waals surface area contributed by atoms with Gasteiger partial charge in [0.1, 0.15) is 0 Å². The number of hydrogen-bond donors (Lipinski definition) is 0. The van der Waals surface area contributed by atoms with Crippen LogP contribution in [0.4, 0.5) is 0 Å². The minimum Gasteiger partial charge on any atom is -0.103 e. The Kier molecular flexibility index (Phi) is 5.56. The Morgan fingerprint density at radius 3 is 2.28 bits per heavy atom. The van der Waals surface area contributed by atoms with Gasteiger partial charge >= 0.3 is 0 Å². The maximum Gasteiger partial charge on any atom is 0.0406 e. The van der Waals surface area contributed by atoms with Gasteiger partial charge < -0.3 is 0 Å². The molecule has 0 radical (unpaired) electrons. The quantitative estimate of drug-likeness (QED) is 0.486. The highest BCUT2D eigenvalue weighted by molar-refractivity contribution is 6.30. The zero-order valence-corrected chi connectivity index (χ0v) is 16.3. The number of fused-ring (bicyclic) bond motifs is 3. The second kappa shape index (κ2) is 7.87. The molecule has 25 heavy (non-hydrogen) atoms. The third kappa shape index (κ3) is 3.85. The van der Waals surface area contributed by atoms with Crippen molar-refractivity contribution in [3.63, 3.8) is 0 Å². The summed E-state index contributed by atoms with van der Waals surface area (Å²) in [5, 5.41) is 0.867. The van der Waals surface area contributed by atoms with Gasteiger partial charge in [-0.1, -0.05) is 36.2 Å². The van der Waals surface area contributed by atoms with E-state index in [1.54, 1.807) is 0 Å². The van der Waals surface area contributed by atoms with Crippen molar-refractivity contribution in [2.75, 3.05) is 0 Å². The van der Waals surface area contributed by atoms with Gasteiger partial charge in [0.05, 0.1) is 0 Å². The molecule has 6 atom stereocenters. The predicted molar refractivity (Wildman–Crippen MR) is 108 cm³/mol. The summed E-state index contributed by atoms with van der Waals surface area (Å²) in [6.45, 7) is 3.91. The number of rotatable bonds is 4. The third-order valence-electron chi connectivity index (χ3n) is 7.77. The highest BCUT2D eigenvalue weighted by Gasteiger charge is 2.44. The van der Waals surface area contributed by atoms with Crippen LogP contribution in [0.2, 0.25) is 5.02 Å². The molecule has 0 heterocycles. The van der Waals surface area contributed by atoms with Gasteiger partial charge in [0.25, 0.3) is 0 Å². The molecule has 0 N–H and O–H groups in total. The summed E-state index contributed by atoms with van der Waals surface area (Å²) in [7, 11) is 0. The molecule has 0 spiro atoms. The largest absolute Gasteiger partial charge is 0.103 e. The van der Waals surface area contributed by atoms with E-state index in [1.165, 1.54) is 69.8 Å². The van der Waals surface area contributed by atoms with Crippen LogP contribution in [0.15, 0.2) is 36.9 Å². The van der Waals surface area contributed by atoms with Crippen LogP contribution in [-0.2, 0) is 0 Å². The minimum atomic E-state index is 0.777. The number of benzene rings is 1. The summed E-state index contributed by atoms with van der Waals surface area (Å²) in [4.78, 5) is 0. The molecule has 4 rings (SSSR count). The summed E-state index contributed by atoms with van der Waals surface area (Å²) in [6.07, 6.45) is 16.5. The zero-order chi connectivity index (χ0) is 17.2. The van der Waals surface area contributed by atoms with Crippen molar-refractivity contribution in [3.8, 4) is 0 Å². The first-order valence-electron chi connectivity index (χ1n) is 10.6. The van der Waals surface area contributed by atoms with Gasteiger partial charge in [-0.3, -0.25) is 0 Å². The van der Waals surface area contributed by atoms with E-state index >= 15 is 0 Å². The molecule has 0 bridgehead atoms. The van der Waals surface area contributed by atoms with E-state index in [0.717, 1.165) is 40.5 Å². The minimum absolute atomic E-state index is 0.777. The fourth-order valence-corrected chi connectivity index (χ4v) is 6.67. The Morgan fingerprint density at radius 1 is 0.880 bits per heavy atom. The lowest BCUT2D eigenvalue weighted by molar-refractivity contribution is 0.00566. The van der Waals surface area contributed by atoms with Crippen LogP contribution in [0.1, 0.15) is 75.7 Å². The molecule has 0 aromatic heterocycles. The van der Waals surface area contributed by atoms with Gasteiger partial charge in [0.2, 0.25) is 0 Å². The fraction of sp³-hybridized carbons (Fsp3) is 0.667. The second-order valence-corrected chi connectivity index (χ2v) is 9.47. The molecular weight excluding hydrogens is 324 g/mol. The van der Waals surface area contributed by atoms with Gasteiger partial charge in [-0.05, 0) is 111 Å². The summed E-state index contributed by atoms with van der Waals surface area (Å²) in [5.41, 5.74) is 1.53. The summed E-state index contributed by atoms with van der Waals surface area (Å²) in [5.74, 6) is 5.87. The van der Waals surface area contributed by atoms with Crippen LogP contribution in [-0.4, -0.2) is 0 Å². The normalized spacial score (nSPS) is 37.8. The summed E-state index contributed by atoms with van der Waals surface area (Å²) < 4.78 is 0. The van der Waals surface area contributed by atoms with Crippen LogP contribution >= 0.6 is 11.6 Å². The molecule has 1 heteroatoms. The highest BCUT2D eigenvalue weighted by atomic mass is 35.5. The van der Waals surface area contributed by atoms with E-state index in [2.05, 4.69) is 36.9 Å². The summed E-state index contributed by atoms with van der Waals surface area (Å²) in [6, 6.07) is 8.68. The first kappa shape index (κ1) is 17.7. The van der Waals surface area contributed by atoms with Gasteiger partial charge in [0, 0.05) is 5.02 Å². The van der Waals surface area contributed by atoms with Gasteiger partial charge in [-0.2, -0.15) is 0 Å². The lowest BCUT2D eigenvalue weighted by Crippen LogP contribution is -2.41. The number of hydrogen-bond acceptors (Lipinski definition) is 0. The Balaban J connectivity index is 1.38. The van der Waals surface area contributed by atoms with Gasteiger partial charge in [-0.15, -0.1) is 6.58 Å². The van der Waals surface area contributed by atoms with E-state index in [-0.39, 0.29) is 0 Å². The van der Waals surface area contributed by atoms with E-state index in [4.69, 9.17) is 11.6 Å². The smallest absolute Gasteiger partial charge is 0.0406 e.